The zero-order chi connectivity index (χ0) is 22.2. The van der Waals surface area contributed by atoms with E-state index in [-0.39, 0.29) is 28.0 Å². The first-order chi connectivity index (χ1) is 14.2. The van der Waals surface area contributed by atoms with Gasteiger partial charge in [-0.3, -0.25) is 19.9 Å². The normalized spacial score (nSPS) is 24.9. The van der Waals surface area contributed by atoms with Crippen molar-refractivity contribution in [2.45, 2.75) is 44.4 Å². The number of amides is 3. The number of hydroxylamine groups is 2. The van der Waals surface area contributed by atoms with E-state index in [0.29, 0.717) is 0 Å². The number of ether oxygens (including phenoxy) is 1. The second kappa shape index (κ2) is 8.55. The molecule has 7 N–H and O–H groups in total. The first kappa shape index (κ1) is 21.9. The highest BCUT2D eigenvalue weighted by molar-refractivity contribution is 6.03. The van der Waals surface area contributed by atoms with E-state index in [1.807, 2.05) is 0 Å². The van der Waals surface area contributed by atoms with Gasteiger partial charge in [0.1, 0.15) is 24.6 Å². The van der Waals surface area contributed by atoms with Gasteiger partial charge in [-0.25, -0.2) is 19.7 Å². The number of aliphatic hydroxyl groups excluding tert-OH is 3. The Morgan fingerprint density at radius 1 is 1.30 bits per heavy atom. The van der Waals surface area contributed by atoms with Crippen molar-refractivity contribution in [2.75, 3.05) is 11.9 Å². The van der Waals surface area contributed by atoms with E-state index in [1.54, 1.807) is 13.8 Å². The molecule has 5 atom stereocenters. The lowest BCUT2D eigenvalue weighted by Crippen LogP contribution is -2.48. The molecule has 1 fully saturated rings. The third-order valence-corrected chi connectivity index (χ3v) is 4.78. The molecule has 0 aromatic carbocycles. The first-order valence-electron chi connectivity index (χ1n) is 9.06. The number of nitrogens with two attached hydrogens (primary N) is 1. The van der Waals surface area contributed by atoms with Crippen LogP contribution in [0.3, 0.4) is 0 Å². The Kier molecular flexibility index (Phi) is 6.25. The van der Waals surface area contributed by atoms with Gasteiger partial charge in [0, 0.05) is 0 Å². The van der Waals surface area contributed by atoms with E-state index < -0.39 is 49.1 Å². The van der Waals surface area contributed by atoms with Gasteiger partial charge in [0.25, 0.3) is 5.91 Å². The van der Waals surface area contributed by atoms with E-state index in [4.69, 9.17) is 10.5 Å². The summed E-state index contributed by atoms with van der Waals surface area (Å²) in [4.78, 5) is 36.3. The summed E-state index contributed by atoms with van der Waals surface area (Å²) in [7, 11) is 0. The predicted molar refractivity (Wildman–Crippen MR) is 98.8 cm³/mol. The lowest BCUT2D eigenvalue weighted by atomic mass is 10.1. The number of imidazole rings is 1. The molecule has 1 aliphatic rings. The highest BCUT2D eigenvalue weighted by Gasteiger charge is 2.44. The molecule has 0 saturated carbocycles. The van der Waals surface area contributed by atoms with Crippen LogP contribution in [0, 0.1) is 5.92 Å². The summed E-state index contributed by atoms with van der Waals surface area (Å²) < 4.78 is 6.74. The number of hydrogen-bond donors (Lipinski definition) is 6. The van der Waals surface area contributed by atoms with Crippen LogP contribution in [0.4, 0.5) is 10.6 Å². The summed E-state index contributed by atoms with van der Waals surface area (Å²) in [6, 6.07) is -2.28. The molecule has 0 bridgehead atoms. The van der Waals surface area contributed by atoms with Crippen molar-refractivity contribution in [1.82, 2.24) is 24.6 Å². The zero-order valence-electron chi connectivity index (χ0n) is 16.2. The predicted octanol–water partition coefficient (Wildman–Crippen LogP) is -1.83. The average Bonchev–Trinajstić information content (AvgIpc) is 3.28. The van der Waals surface area contributed by atoms with Crippen LogP contribution in [0.1, 0.15) is 20.1 Å². The third kappa shape index (κ3) is 3.83. The zero-order valence-corrected chi connectivity index (χ0v) is 16.2. The van der Waals surface area contributed by atoms with Gasteiger partial charge in [0.05, 0.1) is 19.0 Å². The van der Waals surface area contributed by atoms with Crippen molar-refractivity contribution in [1.29, 1.82) is 0 Å². The Bertz CT molecular complexity index is 936. The molecule has 1 saturated heterocycles. The number of carbonyl (C=O) groups excluding carboxylic acids is 2. The number of nitrogens with one attached hydrogen (secondary N) is 1. The number of fused-ring (bicyclic) bond motifs is 1. The average molecular weight is 425 g/mol. The van der Waals surface area contributed by atoms with Crippen molar-refractivity contribution >= 4 is 28.9 Å². The maximum atomic E-state index is 12.2. The summed E-state index contributed by atoms with van der Waals surface area (Å²) in [6.45, 7) is 2.82. The summed E-state index contributed by atoms with van der Waals surface area (Å²) >= 11 is 0. The summed E-state index contributed by atoms with van der Waals surface area (Å²) in [5, 5.41) is 41.3. The Hall–Kier alpha value is -2.75. The SMILES string of the molecule is CC(C)[C@H](N)C(=O)N(O)C(=O)Nc1ncnc2c1ncn2[C@@H]1O[C@H](CO)[C@@H](O)[C@H]1O. The van der Waals surface area contributed by atoms with E-state index in [1.165, 1.54) is 10.9 Å². The van der Waals surface area contributed by atoms with Crippen LogP contribution in [0.5, 0.6) is 0 Å². The number of rotatable bonds is 5. The second-order valence-electron chi connectivity index (χ2n) is 7.13. The number of aliphatic hydroxyl groups is 3. The first-order valence-corrected chi connectivity index (χ1v) is 9.06. The van der Waals surface area contributed by atoms with E-state index in [9.17, 15) is 30.1 Å². The molecule has 2 aromatic rings. The maximum absolute atomic E-state index is 12.2. The molecule has 30 heavy (non-hydrogen) atoms. The molecule has 0 unspecified atom stereocenters. The van der Waals surface area contributed by atoms with Crippen LogP contribution in [-0.4, -0.2) is 88.0 Å². The van der Waals surface area contributed by atoms with Gasteiger partial charge in [-0.1, -0.05) is 13.8 Å². The minimum atomic E-state index is -1.37. The Labute approximate surface area is 169 Å². The Morgan fingerprint density at radius 2 is 2.00 bits per heavy atom. The van der Waals surface area contributed by atoms with Gasteiger partial charge in [0.2, 0.25) is 0 Å². The summed E-state index contributed by atoms with van der Waals surface area (Å²) in [5.41, 5.74) is 5.85. The molecule has 0 radical (unpaired) electrons. The third-order valence-electron chi connectivity index (χ3n) is 4.78. The van der Waals surface area contributed by atoms with Gasteiger partial charge in [0.15, 0.2) is 23.2 Å². The van der Waals surface area contributed by atoms with Gasteiger partial charge in [-0.05, 0) is 5.92 Å². The molecule has 14 heteroatoms. The van der Waals surface area contributed by atoms with Crippen molar-refractivity contribution in [3.8, 4) is 0 Å². The lowest BCUT2D eigenvalue weighted by molar-refractivity contribution is -0.154. The van der Waals surface area contributed by atoms with Crippen molar-refractivity contribution in [2.24, 2.45) is 11.7 Å². The van der Waals surface area contributed by atoms with E-state index in [0.717, 1.165) is 6.33 Å². The van der Waals surface area contributed by atoms with Crippen LogP contribution in [-0.2, 0) is 9.53 Å². The van der Waals surface area contributed by atoms with E-state index in [2.05, 4.69) is 20.3 Å². The number of anilines is 1. The highest BCUT2D eigenvalue weighted by atomic mass is 16.6. The molecule has 3 amide bonds. The quantitative estimate of drug-likeness (QED) is 0.232. The van der Waals surface area contributed by atoms with Gasteiger partial charge >= 0.3 is 6.03 Å². The number of imide groups is 1. The van der Waals surface area contributed by atoms with Crippen LogP contribution in [0.25, 0.3) is 11.2 Å². The topological polar surface area (TPSA) is 209 Å². The van der Waals surface area contributed by atoms with Crippen LogP contribution in [0.2, 0.25) is 0 Å². The lowest BCUT2D eigenvalue weighted by Gasteiger charge is -2.20. The number of aromatic nitrogens is 4. The number of hydrogen-bond acceptors (Lipinski definition) is 11. The van der Waals surface area contributed by atoms with Crippen molar-refractivity contribution < 1.29 is 34.9 Å². The molecule has 1 aliphatic heterocycles. The van der Waals surface area contributed by atoms with E-state index >= 15 is 0 Å². The smallest absolute Gasteiger partial charge is 0.354 e. The highest BCUT2D eigenvalue weighted by Crippen LogP contribution is 2.32. The van der Waals surface area contributed by atoms with Crippen LogP contribution < -0.4 is 11.1 Å². The maximum Gasteiger partial charge on any atom is 0.354 e. The summed E-state index contributed by atoms with van der Waals surface area (Å²) in [6.07, 6.45) is -2.46. The molecule has 3 heterocycles. The van der Waals surface area contributed by atoms with Gasteiger partial charge in [-0.15, -0.1) is 5.06 Å². The molecule has 0 aliphatic carbocycles. The second-order valence-corrected chi connectivity index (χ2v) is 7.13. The number of nitrogens with zero attached hydrogens (tertiary/aromatic N) is 5. The standard InChI is InChI=1S/C16H23N7O7/c1-6(2)8(17)14(27)23(29)16(28)21-12-9-13(19-4-18-12)22(5-20-9)15-11(26)10(25)7(3-24)30-15/h4-8,10-11,15,24-26,29H,3,17H2,1-2H3,(H,18,19,21,28)/t7-,8+,10-,11-,15-/m1/s1. The minimum absolute atomic E-state index is 0.0672. The van der Waals surface area contributed by atoms with Crippen LogP contribution >= 0.6 is 0 Å². The molecule has 3 rings (SSSR count). The molecule has 2 aromatic heterocycles. The Balaban J connectivity index is 1.84. The van der Waals surface area contributed by atoms with Crippen LogP contribution in [0.15, 0.2) is 12.7 Å². The van der Waals surface area contributed by atoms with Crippen molar-refractivity contribution in [3.63, 3.8) is 0 Å². The molecular formula is C16H23N7O7. The summed E-state index contributed by atoms with van der Waals surface area (Å²) in [5.74, 6) is -1.43. The monoisotopic (exact) mass is 425 g/mol. The Morgan fingerprint density at radius 3 is 2.60 bits per heavy atom. The number of carbonyl (C=O) groups is 2. The molecular weight excluding hydrogens is 402 g/mol. The largest absolute Gasteiger partial charge is 0.394 e. The fourth-order valence-corrected chi connectivity index (χ4v) is 2.92. The van der Waals surface area contributed by atoms with Gasteiger partial charge in [-0.2, -0.15) is 0 Å². The fraction of sp³-hybridized carbons (Fsp3) is 0.562. The van der Waals surface area contributed by atoms with Gasteiger partial charge < -0.3 is 25.8 Å². The van der Waals surface area contributed by atoms with Crippen molar-refractivity contribution in [3.05, 3.63) is 12.7 Å². The molecule has 14 nitrogen and oxygen atoms in total. The molecule has 164 valence electrons. The molecule has 0 spiro atoms. The fourth-order valence-electron chi connectivity index (χ4n) is 2.92. The number of urea groups is 1. The minimum Gasteiger partial charge on any atom is -0.394 e.